The lowest BCUT2D eigenvalue weighted by Gasteiger charge is -2.02. The molecule has 1 atom stereocenters. The number of rotatable bonds is 5. The summed E-state index contributed by atoms with van der Waals surface area (Å²) in [6.07, 6.45) is 0.103. The zero-order valence-corrected chi connectivity index (χ0v) is 6.51. The lowest BCUT2D eigenvalue weighted by molar-refractivity contribution is -0.0192. The molecular formula is C4H10FO4P. The van der Waals surface area contributed by atoms with E-state index in [-0.39, 0.29) is 6.16 Å². The second kappa shape index (κ2) is 4.79. The van der Waals surface area contributed by atoms with E-state index >= 15 is 0 Å². The third-order valence-corrected chi connectivity index (χ3v) is 1.99. The van der Waals surface area contributed by atoms with E-state index in [1.165, 1.54) is 7.11 Å². The summed E-state index contributed by atoms with van der Waals surface area (Å²) in [5.74, 6) is 0. The minimum atomic E-state index is -3.95. The van der Waals surface area contributed by atoms with E-state index in [4.69, 9.17) is 4.89 Å². The Morgan fingerprint density at radius 2 is 2.30 bits per heavy atom. The van der Waals surface area contributed by atoms with Gasteiger partial charge in [0.25, 0.3) is 0 Å². The normalized spacial score (nSPS) is 16.7. The van der Waals surface area contributed by atoms with E-state index < -0.39 is 7.60 Å². The summed E-state index contributed by atoms with van der Waals surface area (Å²) in [4.78, 5) is 8.45. The van der Waals surface area contributed by atoms with Crippen LogP contribution in [0.5, 0.6) is 0 Å². The summed E-state index contributed by atoms with van der Waals surface area (Å²) in [5, 5.41) is 0. The van der Waals surface area contributed by atoms with Crippen LogP contribution in [0.3, 0.4) is 0 Å². The Balaban J connectivity index is 3.38. The summed E-state index contributed by atoms with van der Waals surface area (Å²) >= 11 is 0. The maximum Gasteiger partial charge on any atom is 0.361 e. The van der Waals surface area contributed by atoms with Crippen LogP contribution in [0.4, 0.5) is 4.53 Å². The summed E-state index contributed by atoms with van der Waals surface area (Å²) in [6.45, 7) is 0.327. The van der Waals surface area contributed by atoms with Crippen molar-refractivity contribution in [2.45, 2.75) is 6.42 Å². The van der Waals surface area contributed by atoms with Crippen molar-refractivity contribution < 1.29 is 23.4 Å². The van der Waals surface area contributed by atoms with Gasteiger partial charge in [-0.2, -0.15) is 0 Å². The van der Waals surface area contributed by atoms with Crippen molar-refractivity contribution in [3.8, 4) is 0 Å². The van der Waals surface area contributed by atoms with E-state index in [1.807, 2.05) is 0 Å². The first kappa shape index (κ1) is 10.0. The maximum absolute atomic E-state index is 11.1. The van der Waals surface area contributed by atoms with Crippen LogP contribution in [0.2, 0.25) is 0 Å². The lowest BCUT2D eigenvalue weighted by atomic mass is 10.5. The molecule has 0 fully saturated rings. The van der Waals surface area contributed by atoms with Crippen molar-refractivity contribution in [1.82, 2.24) is 0 Å². The highest BCUT2D eigenvalue weighted by Crippen LogP contribution is 2.42. The quantitative estimate of drug-likeness (QED) is 0.498. The second-order valence-corrected chi connectivity index (χ2v) is 3.64. The molecule has 1 unspecified atom stereocenters. The van der Waals surface area contributed by atoms with Gasteiger partial charge in [0, 0.05) is 13.7 Å². The molecule has 0 bridgehead atoms. The molecule has 62 valence electrons. The van der Waals surface area contributed by atoms with Gasteiger partial charge in [0.15, 0.2) is 0 Å². The fourth-order valence-corrected chi connectivity index (χ4v) is 1.04. The zero-order chi connectivity index (χ0) is 8.04. The molecule has 0 aromatic heterocycles. The average Bonchev–Trinajstić information content (AvgIpc) is 1.89. The summed E-state index contributed by atoms with van der Waals surface area (Å²) < 4.78 is 28.9. The van der Waals surface area contributed by atoms with Gasteiger partial charge in [0.05, 0.1) is 6.16 Å². The predicted molar refractivity (Wildman–Crippen MR) is 33.4 cm³/mol. The van der Waals surface area contributed by atoms with Crippen LogP contribution in [0.1, 0.15) is 6.42 Å². The molecule has 0 amide bonds. The van der Waals surface area contributed by atoms with Crippen LogP contribution < -0.4 is 0 Å². The number of hydrogen-bond acceptors (Lipinski definition) is 3. The van der Waals surface area contributed by atoms with E-state index in [1.54, 1.807) is 0 Å². The summed E-state index contributed by atoms with van der Waals surface area (Å²) in [5.41, 5.74) is 0. The molecular weight excluding hydrogens is 162 g/mol. The zero-order valence-electron chi connectivity index (χ0n) is 5.62. The topological polar surface area (TPSA) is 55.8 Å². The SMILES string of the molecule is COCCCP(=O)(O)OF. The minimum Gasteiger partial charge on any atom is -0.385 e. The molecule has 0 aliphatic carbocycles. The summed E-state index contributed by atoms with van der Waals surface area (Å²) in [7, 11) is -2.49. The van der Waals surface area contributed by atoms with Crippen molar-refractivity contribution in [1.29, 1.82) is 0 Å². The van der Waals surface area contributed by atoms with Crippen LogP contribution in [0.25, 0.3) is 0 Å². The van der Waals surface area contributed by atoms with Gasteiger partial charge in [0.1, 0.15) is 0 Å². The average molecular weight is 172 g/mol. The molecule has 10 heavy (non-hydrogen) atoms. The first-order valence-electron chi connectivity index (χ1n) is 2.73. The van der Waals surface area contributed by atoms with Gasteiger partial charge in [-0.05, 0) is 10.9 Å². The molecule has 0 radical (unpaired) electrons. The van der Waals surface area contributed by atoms with Gasteiger partial charge in [-0.15, -0.1) is 4.73 Å². The Morgan fingerprint density at radius 3 is 2.70 bits per heavy atom. The van der Waals surface area contributed by atoms with Crippen molar-refractivity contribution in [3.63, 3.8) is 0 Å². The molecule has 0 saturated carbocycles. The molecule has 0 saturated heterocycles. The fraction of sp³-hybridized carbons (Fsp3) is 1.00. The van der Waals surface area contributed by atoms with Crippen molar-refractivity contribution in [2.24, 2.45) is 0 Å². The number of methoxy groups -OCH3 is 1. The van der Waals surface area contributed by atoms with Gasteiger partial charge < -0.3 is 9.63 Å². The Bertz CT molecular complexity index is 128. The molecule has 0 aromatic carbocycles. The lowest BCUT2D eigenvalue weighted by Crippen LogP contribution is -1.95. The molecule has 0 aliphatic rings. The first-order valence-corrected chi connectivity index (χ1v) is 4.50. The first-order chi connectivity index (χ1) is 4.62. The fourth-order valence-electron chi connectivity index (χ4n) is 0.443. The van der Waals surface area contributed by atoms with Crippen LogP contribution >= 0.6 is 7.60 Å². The van der Waals surface area contributed by atoms with E-state index in [2.05, 4.69) is 9.47 Å². The van der Waals surface area contributed by atoms with E-state index in [9.17, 15) is 9.09 Å². The number of halogens is 1. The maximum atomic E-state index is 11.1. The number of ether oxygens (including phenoxy) is 1. The standard InChI is InChI=1S/C4H10FO4P/c1-8-3-2-4-10(6,7)9-5/h2-4H2,1H3,(H,6,7). The van der Waals surface area contributed by atoms with Crippen molar-refractivity contribution in [2.75, 3.05) is 19.9 Å². The van der Waals surface area contributed by atoms with Gasteiger partial charge >= 0.3 is 7.60 Å². The third-order valence-electron chi connectivity index (χ3n) is 0.897. The van der Waals surface area contributed by atoms with Crippen LogP contribution in [0, 0.1) is 0 Å². The molecule has 1 N–H and O–H groups in total. The Hall–Kier alpha value is 0.0400. The number of hydrogen-bond donors (Lipinski definition) is 1. The molecule has 0 spiro atoms. The van der Waals surface area contributed by atoms with E-state index in [0.717, 1.165) is 0 Å². The predicted octanol–water partition coefficient (Wildman–Crippen LogP) is 1.11. The Kier molecular flexibility index (Phi) is 4.81. The highest BCUT2D eigenvalue weighted by atomic mass is 31.2. The third kappa shape index (κ3) is 4.88. The molecule has 0 aromatic rings. The summed E-state index contributed by atoms with van der Waals surface area (Å²) in [6, 6.07) is 0. The molecule has 6 heteroatoms. The Morgan fingerprint density at radius 1 is 1.70 bits per heavy atom. The Labute approximate surface area is 58.4 Å². The molecule has 4 nitrogen and oxygen atoms in total. The van der Waals surface area contributed by atoms with Crippen molar-refractivity contribution >= 4 is 7.60 Å². The van der Waals surface area contributed by atoms with E-state index in [0.29, 0.717) is 13.0 Å². The van der Waals surface area contributed by atoms with Crippen molar-refractivity contribution in [3.05, 3.63) is 0 Å². The van der Waals surface area contributed by atoms with Gasteiger partial charge in [-0.1, -0.05) is 0 Å². The highest BCUT2D eigenvalue weighted by Gasteiger charge is 2.18. The molecule has 0 aliphatic heterocycles. The monoisotopic (exact) mass is 172 g/mol. The second-order valence-electron chi connectivity index (χ2n) is 1.78. The smallest absolute Gasteiger partial charge is 0.361 e. The largest absolute Gasteiger partial charge is 0.385 e. The molecule has 0 heterocycles. The van der Waals surface area contributed by atoms with Gasteiger partial charge in [0.2, 0.25) is 0 Å². The van der Waals surface area contributed by atoms with Gasteiger partial charge in [-0.25, -0.2) is 0 Å². The minimum absolute atomic E-state index is 0.211. The van der Waals surface area contributed by atoms with Crippen LogP contribution in [0.15, 0.2) is 0 Å². The van der Waals surface area contributed by atoms with Crippen LogP contribution in [-0.2, 0) is 14.0 Å². The molecule has 0 rings (SSSR count). The van der Waals surface area contributed by atoms with Gasteiger partial charge in [-0.3, -0.25) is 4.57 Å². The van der Waals surface area contributed by atoms with Crippen LogP contribution in [-0.4, -0.2) is 24.8 Å². The highest BCUT2D eigenvalue weighted by molar-refractivity contribution is 7.52.